The highest BCUT2D eigenvalue weighted by atomic mass is 16.5. The highest BCUT2D eigenvalue weighted by Crippen LogP contribution is 2.56. The fraction of sp³-hybridized carbons (Fsp3) is 0.565. The van der Waals surface area contributed by atoms with Crippen molar-refractivity contribution in [1.29, 1.82) is 0 Å². The lowest BCUT2D eigenvalue weighted by molar-refractivity contribution is -0.163. The molecule has 0 atom stereocenters. The Morgan fingerprint density at radius 3 is 2.44 bits per heavy atom. The van der Waals surface area contributed by atoms with Gasteiger partial charge in [-0.2, -0.15) is 0 Å². The number of ether oxygens (including phenoxy) is 1. The number of carbonyl (C=O) groups excluding carboxylic acids is 1. The zero-order chi connectivity index (χ0) is 18.5. The molecular formula is C23H26O4. The Hall–Kier alpha value is -2.10. The van der Waals surface area contributed by atoms with Crippen LogP contribution < -0.4 is 5.63 Å². The van der Waals surface area contributed by atoms with Crippen LogP contribution in [0.1, 0.15) is 50.2 Å². The van der Waals surface area contributed by atoms with E-state index in [2.05, 4.69) is 6.92 Å². The number of esters is 1. The van der Waals surface area contributed by atoms with Crippen molar-refractivity contribution < 1.29 is 13.9 Å². The molecule has 0 spiro atoms. The first-order valence-electron chi connectivity index (χ1n) is 10.3. The van der Waals surface area contributed by atoms with Crippen LogP contribution in [0.5, 0.6) is 0 Å². The molecule has 1 aromatic heterocycles. The second-order valence-electron chi connectivity index (χ2n) is 8.84. The molecule has 4 aliphatic rings. The summed E-state index contributed by atoms with van der Waals surface area (Å²) in [5, 5.41) is 0.852. The first kappa shape index (κ1) is 17.0. The minimum atomic E-state index is -0.392. The summed E-state index contributed by atoms with van der Waals surface area (Å²) in [7, 11) is 0. The minimum Gasteiger partial charge on any atom is -0.461 e. The molecule has 0 aliphatic heterocycles. The Morgan fingerprint density at radius 2 is 1.78 bits per heavy atom. The average Bonchev–Trinajstić information content (AvgIpc) is 2.64. The number of benzene rings is 1. The summed E-state index contributed by atoms with van der Waals surface area (Å²) in [4.78, 5) is 24.8. The van der Waals surface area contributed by atoms with Gasteiger partial charge in [-0.3, -0.25) is 4.79 Å². The van der Waals surface area contributed by atoms with Gasteiger partial charge >= 0.3 is 11.6 Å². The molecule has 142 valence electrons. The molecular weight excluding hydrogens is 340 g/mol. The van der Waals surface area contributed by atoms with Crippen LogP contribution >= 0.6 is 0 Å². The second kappa shape index (κ2) is 6.50. The van der Waals surface area contributed by atoms with E-state index >= 15 is 0 Å². The third-order valence-corrected chi connectivity index (χ3v) is 7.17. The largest absolute Gasteiger partial charge is 0.461 e. The maximum Gasteiger partial charge on any atom is 0.336 e. The van der Waals surface area contributed by atoms with Crippen molar-refractivity contribution in [2.24, 2.45) is 29.6 Å². The fourth-order valence-corrected chi connectivity index (χ4v) is 6.17. The molecule has 0 N–H and O–H groups in total. The van der Waals surface area contributed by atoms with Crippen molar-refractivity contribution in [3.05, 3.63) is 45.8 Å². The van der Waals surface area contributed by atoms with E-state index in [0.717, 1.165) is 34.8 Å². The van der Waals surface area contributed by atoms with E-state index in [4.69, 9.17) is 9.15 Å². The zero-order valence-electron chi connectivity index (χ0n) is 15.8. The van der Waals surface area contributed by atoms with Crippen molar-refractivity contribution in [2.75, 3.05) is 0 Å². The van der Waals surface area contributed by atoms with Crippen LogP contribution in [-0.2, 0) is 22.6 Å². The Bertz CT molecular complexity index is 913. The van der Waals surface area contributed by atoms with Gasteiger partial charge in [-0.1, -0.05) is 19.1 Å². The van der Waals surface area contributed by atoms with Gasteiger partial charge in [-0.05, 0) is 73.8 Å². The second-order valence-corrected chi connectivity index (χ2v) is 8.84. The maximum absolute atomic E-state index is 12.9. The summed E-state index contributed by atoms with van der Waals surface area (Å²) in [6.45, 7) is 2.21. The zero-order valence-corrected chi connectivity index (χ0v) is 15.8. The minimum absolute atomic E-state index is 0.0598. The monoisotopic (exact) mass is 366 g/mol. The molecule has 0 unspecified atom stereocenters. The number of hydrogen-bond acceptors (Lipinski definition) is 4. The van der Waals surface area contributed by atoms with Gasteiger partial charge in [0.1, 0.15) is 12.2 Å². The lowest BCUT2D eigenvalue weighted by atomic mass is 9.52. The first-order valence-corrected chi connectivity index (χ1v) is 10.3. The molecule has 1 aromatic carbocycles. The van der Waals surface area contributed by atoms with Gasteiger partial charge in [0.15, 0.2) is 0 Å². The van der Waals surface area contributed by atoms with Gasteiger partial charge in [0.25, 0.3) is 0 Å². The van der Waals surface area contributed by atoms with E-state index in [9.17, 15) is 9.59 Å². The average molecular weight is 366 g/mol. The maximum atomic E-state index is 12.9. The molecule has 2 aromatic rings. The standard InChI is InChI=1S/C23H26O4/c1-2-13-3-4-19-18(11-21(24)27-20(19)10-13)12-26-23(25)22-16-6-14-5-15(8-16)9-17(22)7-14/h3-4,10-11,14-17,22H,2,5-9,12H2,1H3. The van der Waals surface area contributed by atoms with Crippen LogP contribution in [0.3, 0.4) is 0 Å². The molecule has 27 heavy (non-hydrogen) atoms. The van der Waals surface area contributed by atoms with Gasteiger partial charge in [0.2, 0.25) is 0 Å². The summed E-state index contributed by atoms with van der Waals surface area (Å²) in [5.74, 6) is 2.71. The van der Waals surface area contributed by atoms with Crippen molar-refractivity contribution in [3.8, 4) is 0 Å². The quantitative estimate of drug-likeness (QED) is 0.592. The molecule has 0 amide bonds. The summed E-state index contributed by atoms with van der Waals surface area (Å²) in [6, 6.07) is 7.35. The summed E-state index contributed by atoms with van der Waals surface area (Å²) in [6.07, 6.45) is 7.05. The lowest BCUT2D eigenvalue weighted by Crippen LogP contribution is -2.48. The smallest absolute Gasteiger partial charge is 0.336 e. The molecule has 4 fully saturated rings. The molecule has 0 saturated heterocycles. The summed E-state index contributed by atoms with van der Waals surface area (Å²) >= 11 is 0. The first-order chi connectivity index (χ1) is 13.1. The Morgan fingerprint density at radius 1 is 1.07 bits per heavy atom. The number of hydrogen-bond donors (Lipinski definition) is 0. The molecule has 4 saturated carbocycles. The van der Waals surface area contributed by atoms with E-state index in [1.807, 2.05) is 18.2 Å². The lowest BCUT2D eigenvalue weighted by Gasteiger charge is -2.53. The highest BCUT2D eigenvalue weighted by molar-refractivity contribution is 5.81. The van der Waals surface area contributed by atoms with Gasteiger partial charge in [0.05, 0.1) is 5.92 Å². The molecule has 6 rings (SSSR count). The third kappa shape index (κ3) is 2.99. The van der Waals surface area contributed by atoms with Crippen LogP contribution in [0.4, 0.5) is 0 Å². The van der Waals surface area contributed by atoms with Crippen molar-refractivity contribution >= 4 is 16.9 Å². The number of aryl methyl sites for hydroxylation is 1. The third-order valence-electron chi connectivity index (χ3n) is 7.17. The van der Waals surface area contributed by atoms with E-state index in [1.165, 1.54) is 38.2 Å². The molecule has 0 radical (unpaired) electrons. The van der Waals surface area contributed by atoms with Gasteiger partial charge in [-0.15, -0.1) is 0 Å². The van der Waals surface area contributed by atoms with Crippen molar-refractivity contribution in [1.82, 2.24) is 0 Å². The van der Waals surface area contributed by atoms with Crippen LogP contribution in [0, 0.1) is 29.6 Å². The van der Waals surface area contributed by atoms with E-state index in [0.29, 0.717) is 17.4 Å². The van der Waals surface area contributed by atoms with Crippen molar-refractivity contribution in [3.63, 3.8) is 0 Å². The Kier molecular flexibility index (Phi) is 4.10. The van der Waals surface area contributed by atoms with Gasteiger partial charge < -0.3 is 9.15 Å². The number of fused-ring (bicyclic) bond motifs is 1. The summed E-state index contributed by atoms with van der Waals surface area (Å²) in [5.41, 5.74) is 2.04. The van der Waals surface area contributed by atoms with Crippen LogP contribution in [0.2, 0.25) is 0 Å². The Labute approximate surface area is 158 Å². The van der Waals surface area contributed by atoms with Crippen molar-refractivity contribution in [2.45, 2.75) is 52.1 Å². The van der Waals surface area contributed by atoms with Crippen LogP contribution in [-0.4, -0.2) is 5.97 Å². The Balaban J connectivity index is 1.35. The van der Waals surface area contributed by atoms with E-state index < -0.39 is 5.63 Å². The van der Waals surface area contributed by atoms with E-state index in [-0.39, 0.29) is 18.5 Å². The van der Waals surface area contributed by atoms with E-state index in [1.54, 1.807) is 0 Å². The topological polar surface area (TPSA) is 56.5 Å². The molecule has 4 heteroatoms. The predicted octanol–water partition coefficient (Wildman–Crippen LogP) is 4.47. The van der Waals surface area contributed by atoms with Crippen LogP contribution in [0.15, 0.2) is 33.5 Å². The van der Waals surface area contributed by atoms with Crippen LogP contribution in [0.25, 0.3) is 11.0 Å². The van der Waals surface area contributed by atoms with Gasteiger partial charge in [0, 0.05) is 17.0 Å². The molecule has 4 bridgehead atoms. The molecule has 4 nitrogen and oxygen atoms in total. The fourth-order valence-electron chi connectivity index (χ4n) is 6.17. The SMILES string of the molecule is CCc1ccc2c(COC(=O)C3C4CC5CC(C4)CC3C5)cc(=O)oc2c1. The summed E-state index contributed by atoms with van der Waals surface area (Å²) < 4.78 is 11.1. The normalized spacial score (nSPS) is 31.4. The number of rotatable bonds is 4. The molecule has 1 heterocycles. The van der Waals surface area contributed by atoms with Gasteiger partial charge in [-0.25, -0.2) is 4.79 Å². The predicted molar refractivity (Wildman–Crippen MR) is 102 cm³/mol. The number of carbonyl (C=O) groups is 1. The highest BCUT2D eigenvalue weighted by Gasteiger charge is 2.51. The molecule has 4 aliphatic carbocycles.